The Kier molecular flexibility index (Phi) is 1.48. The highest BCUT2D eigenvalue weighted by molar-refractivity contribution is 4.91. The molecule has 0 aliphatic carbocycles. The Morgan fingerprint density at radius 1 is 1.62 bits per heavy atom. The number of hydrogen-bond donors (Lipinski definition) is 0. The summed E-state index contributed by atoms with van der Waals surface area (Å²) in [4.78, 5) is 0. The topological polar surface area (TPSA) is 58.6 Å². The van der Waals surface area contributed by atoms with Gasteiger partial charge >= 0.3 is 0 Å². The first-order valence-electron chi connectivity index (χ1n) is 2.15. The Hall–Kier alpha value is -1.03. The van der Waals surface area contributed by atoms with E-state index in [4.69, 9.17) is 0 Å². The fourth-order valence-electron chi connectivity index (χ4n) is 0.343. The third-order valence-corrected chi connectivity index (χ3v) is 0.706. The van der Waals surface area contributed by atoms with Crippen LogP contribution >= 0.6 is 0 Å². The molecule has 4 heteroatoms. The van der Waals surface area contributed by atoms with Gasteiger partial charge in [0.1, 0.15) is 6.61 Å². The second-order valence-corrected chi connectivity index (χ2v) is 1.26. The molecule has 0 aromatic carbocycles. The van der Waals surface area contributed by atoms with Crippen molar-refractivity contribution in [3.05, 3.63) is 18.0 Å². The van der Waals surface area contributed by atoms with Crippen molar-refractivity contribution in [2.24, 2.45) is 0 Å². The Bertz CT molecular complexity index is 153. The van der Waals surface area contributed by atoms with Crippen molar-refractivity contribution in [3.63, 3.8) is 0 Å². The molecule has 8 heavy (non-hydrogen) atoms. The van der Waals surface area contributed by atoms with E-state index in [2.05, 4.69) is 15.4 Å². The second kappa shape index (κ2) is 2.32. The van der Waals surface area contributed by atoms with Gasteiger partial charge in [-0.15, -0.1) is 10.2 Å². The number of aromatic nitrogens is 3. The molecule has 4 nitrogen and oxygen atoms in total. The quantitative estimate of drug-likeness (QED) is 0.503. The van der Waals surface area contributed by atoms with Crippen molar-refractivity contribution in [1.29, 1.82) is 0 Å². The predicted molar refractivity (Wildman–Crippen MR) is 24.2 cm³/mol. The first-order valence-corrected chi connectivity index (χ1v) is 2.15. The summed E-state index contributed by atoms with van der Waals surface area (Å²) in [5.74, 6) is 0. The average Bonchev–Trinajstić information content (AvgIpc) is 1.90. The molecule has 1 heterocycles. The minimum atomic E-state index is -0.324. The molecule has 0 fully saturated rings. The van der Waals surface area contributed by atoms with Crippen molar-refractivity contribution in [3.8, 4) is 0 Å². The SMILES string of the molecule is [O]Cc1ccnnn1. The van der Waals surface area contributed by atoms with Crippen molar-refractivity contribution in [1.82, 2.24) is 15.4 Å². The lowest BCUT2D eigenvalue weighted by Gasteiger charge is -1.83. The van der Waals surface area contributed by atoms with E-state index in [0.29, 0.717) is 5.69 Å². The number of rotatable bonds is 1. The van der Waals surface area contributed by atoms with Crippen LogP contribution in [0.25, 0.3) is 0 Å². The van der Waals surface area contributed by atoms with Crippen molar-refractivity contribution in [2.75, 3.05) is 0 Å². The van der Waals surface area contributed by atoms with Gasteiger partial charge in [0.2, 0.25) is 0 Å². The number of nitrogens with zero attached hydrogens (tertiary/aromatic N) is 3. The van der Waals surface area contributed by atoms with Gasteiger partial charge in [0.15, 0.2) is 0 Å². The molecule has 0 bridgehead atoms. The molecule has 0 amide bonds. The van der Waals surface area contributed by atoms with Gasteiger partial charge in [-0.2, -0.15) is 0 Å². The third kappa shape index (κ3) is 0.974. The van der Waals surface area contributed by atoms with Crippen LogP contribution in [0.2, 0.25) is 0 Å². The molecule has 0 aliphatic heterocycles. The van der Waals surface area contributed by atoms with Crippen LogP contribution in [0.4, 0.5) is 0 Å². The summed E-state index contributed by atoms with van der Waals surface area (Å²) in [6.45, 7) is -0.324. The summed E-state index contributed by atoms with van der Waals surface area (Å²) < 4.78 is 0. The largest absolute Gasteiger partial charge is 0.230 e. The van der Waals surface area contributed by atoms with E-state index in [1.807, 2.05) is 0 Å². The van der Waals surface area contributed by atoms with Crippen LogP contribution in [-0.2, 0) is 11.7 Å². The van der Waals surface area contributed by atoms with Gasteiger partial charge in [-0.05, 0) is 11.3 Å². The summed E-state index contributed by atoms with van der Waals surface area (Å²) in [6.07, 6.45) is 1.44. The van der Waals surface area contributed by atoms with E-state index in [-0.39, 0.29) is 6.61 Å². The molecular formula is C4H4N3O. The van der Waals surface area contributed by atoms with E-state index in [1.165, 1.54) is 6.20 Å². The lowest BCUT2D eigenvalue weighted by Crippen LogP contribution is -1.91. The Morgan fingerprint density at radius 2 is 2.50 bits per heavy atom. The zero-order valence-electron chi connectivity index (χ0n) is 4.11. The fraction of sp³-hybridized carbons (Fsp3) is 0.250. The molecule has 0 aliphatic rings. The summed E-state index contributed by atoms with van der Waals surface area (Å²) >= 11 is 0. The first kappa shape index (κ1) is 5.11. The maximum atomic E-state index is 10.0. The molecular weight excluding hydrogens is 106 g/mol. The molecule has 0 N–H and O–H groups in total. The van der Waals surface area contributed by atoms with Gasteiger partial charge in [-0.1, -0.05) is 0 Å². The molecule has 0 saturated heterocycles. The predicted octanol–water partition coefficient (Wildman–Crippen LogP) is -0.198. The van der Waals surface area contributed by atoms with Gasteiger partial charge in [0.25, 0.3) is 0 Å². The fourth-order valence-corrected chi connectivity index (χ4v) is 0.343. The van der Waals surface area contributed by atoms with Gasteiger partial charge in [0, 0.05) is 0 Å². The minimum Gasteiger partial charge on any atom is -0.230 e. The van der Waals surface area contributed by atoms with Crippen LogP contribution < -0.4 is 0 Å². The summed E-state index contributed by atoms with van der Waals surface area (Å²) in [5.41, 5.74) is 0.431. The average molecular weight is 110 g/mol. The highest BCUT2D eigenvalue weighted by Crippen LogP contribution is 1.85. The smallest absolute Gasteiger partial charge is 0.126 e. The highest BCUT2D eigenvalue weighted by atomic mass is 16.3. The minimum absolute atomic E-state index is 0.324. The zero-order valence-corrected chi connectivity index (χ0v) is 4.11. The molecule has 0 spiro atoms. The van der Waals surface area contributed by atoms with Gasteiger partial charge in [0.05, 0.1) is 11.9 Å². The van der Waals surface area contributed by atoms with Crippen LogP contribution in [0, 0.1) is 0 Å². The number of hydrogen-bond acceptors (Lipinski definition) is 3. The molecule has 0 atom stereocenters. The lowest BCUT2D eigenvalue weighted by atomic mass is 10.5. The molecule has 1 aromatic rings. The molecule has 1 aromatic heterocycles. The van der Waals surface area contributed by atoms with Crippen molar-refractivity contribution < 1.29 is 5.11 Å². The standard InChI is InChI=1S/C4H4N3O/c8-3-4-1-2-5-7-6-4/h1-2H,3H2. The zero-order chi connectivity index (χ0) is 5.82. The van der Waals surface area contributed by atoms with E-state index in [9.17, 15) is 5.11 Å². The van der Waals surface area contributed by atoms with E-state index >= 15 is 0 Å². The Balaban J connectivity index is 2.83. The van der Waals surface area contributed by atoms with Crippen molar-refractivity contribution in [2.45, 2.75) is 6.61 Å². The molecule has 1 rings (SSSR count). The van der Waals surface area contributed by atoms with Crippen LogP contribution in [0.3, 0.4) is 0 Å². The maximum absolute atomic E-state index is 10.0. The van der Waals surface area contributed by atoms with Crippen LogP contribution in [0.15, 0.2) is 12.3 Å². The normalized spacial score (nSPS) is 9.12. The van der Waals surface area contributed by atoms with E-state index in [1.54, 1.807) is 6.07 Å². The monoisotopic (exact) mass is 110 g/mol. The van der Waals surface area contributed by atoms with E-state index < -0.39 is 0 Å². The van der Waals surface area contributed by atoms with Crippen LogP contribution in [0.1, 0.15) is 5.69 Å². The van der Waals surface area contributed by atoms with E-state index in [0.717, 1.165) is 0 Å². The maximum Gasteiger partial charge on any atom is 0.126 e. The Morgan fingerprint density at radius 3 is 2.88 bits per heavy atom. The second-order valence-electron chi connectivity index (χ2n) is 1.26. The van der Waals surface area contributed by atoms with Gasteiger partial charge in [-0.3, -0.25) is 0 Å². The molecule has 0 saturated carbocycles. The van der Waals surface area contributed by atoms with Gasteiger partial charge < -0.3 is 0 Å². The Labute approximate surface area is 46.2 Å². The lowest BCUT2D eigenvalue weighted by molar-refractivity contribution is 0.172. The molecule has 0 unspecified atom stereocenters. The van der Waals surface area contributed by atoms with Crippen LogP contribution in [-0.4, -0.2) is 15.4 Å². The van der Waals surface area contributed by atoms with Crippen molar-refractivity contribution >= 4 is 0 Å². The summed E-state index contributed by atoms with van der Waals surface area (Å²) in [7, 11) is 0. The van der Waals surface area contributed by atoms with Crippen LogP contribution in [0.5, 0.6) is 0 Å². The molecule has 1 radical (unpaired) electrons. The van der Waals surface area contributed by atoms with Gasteiger partial charge in [-0.25, -0.2) is 5.11 Å². The highest BCUT2D eigenvalue weighted by Gasteiger charge is 1.87. The third-order valence-electron chi connectivity index (χ3n) is 0.706. The summed E-state index contributed by atoms with van der Waals surface area (Å²) in [6, 6.07) is 1.54. The first-order chi connectivity index (χ1) is 3.93. The molecule has 41 valence electrons. The summed E-state index contributed by atoms with van der Waals surface area (Å²) in [5, 5.41) is 20.1.